The number of carboxylic acid groups (broad SMARTS) is 1. The zero-order valence-corrected chi connectivity index (χ0v) is 19.8. The number of benzene rings is 1. The Morgan fingerprint density at radius 1 is 1.20 bits per heavy atom. The topological polar surface area (TPSA) is 131 Å². The number of aliphatic hydroxyl groups is 2. The van der Waals surface area contributed by atoms with Crippen LogP contribution in [0.4, 0.5) is 5.69 Å². The summed E-state index contributed by atoms with van der Waals surface area (Å²) in [6.45, 7) is 4.35. The smallest absolute Gasteiger partial charge is 0.307 e. The van der Waals surface area contributed by atoms with Gasteiger partial charge in [0.2, 0.25) is 18.2 Å². The summed E-state index contributed by atoms with van der Waals surface area (Å²) in [5.41, 5.74) is 1.22. The maximum Gasteiger partial charge on any atom is 0.307 e. The summed E-state index contributed by atoms with van der Waals surface area (Å²) in [6.07, 6.45) is 2.34. The molecule has 3 aliphatic carbocycles. The molecule has 3 fully saturated rings. The Morgan fingerprint density at radius 3 is 2.51 bits per heavy atom. The Bertz CT molecular complexity index is 1090. The Kier molecular flexibility index (Phi) is 5.90. The van der Waals surface area contributed by atoms with E-state index >= 15 is 0 Å². The highest BCUT2D eigenvalue weighted by atomic mass is 16.5. The largest absolute Gasteiger partial charge is 0.481 e. The quantitative estimate of drug-likeness (QED) is 0.449. The third-order valence-corrected chi connectivity index (χ3v) is 7.17. The lowest BCUT2D eigenvalue weighted by atomic mass is 9.36. The molecule has 2 bridgehead atoms. The number of aromatic nitrogens is 1. The van der Waals surface area contributed by atoms with Crippen molar-refractivity contribution < 1.29 is 24.9 Å². The van der Waals surface area contributed by atoms with E-state index in [2.05, 4.69) is 22.2 Å². The van der Waals surface area contributed by atoms with Crippen LogP contribution in [0.3, 0.4) is 0 Å². The van der Waals surface area contributed by atoms with Gasteiger partial charge in [-0.3, -0.25) is 4.79 Å². The van der Waals surface area contributed by atoms with E-state index in [1.165, 1.54) is 4.90 Å². The van der Waals surface area contributed by atoms with Gasteiger partial charge in [0.1, 0.15) is 5.75 Å². The van der Waals surface area contributed by atoms with E-state index in [4.69, 9.17) is 4.74 Å². The molecule has 3 atom stereocenters. The minimum atomic E-state index is -1.37. The summed E-state index contributed by atoms with van der Waals surface area (Å²) in [4.78, 5) is 23.0. The van der Waals surface area contributed by atoms with Crippen LogP contribution in [0.15, 0.2) is 53.7 Å². The average molecular weight is 482 g/mol. The summed E-state index contributed by atoms with van der Waals surface area (Å²) < 4.78 is 5.74. The zero-order valence-electron chi connectivity index (χ0n) is 19.8. The summed E-state index contributed by atoms with van der Waals surface area (Å²) in [5, 5.41) is 34.4. The number of guanidine groups is 1. The number of nitrogens with one attached hydrogen (secondary N) is 1. The molecule has 2 aromatic rings. The van der Waals surface area contributed by atoms with Gasteiger partial charge in [-0.05, 0) is 60.4 Å². The third-order valence-electron chi connectivity index (χ3n) is 7.17. The Labute approximate surface area is 203 Å². The first kappa shape index (κ1) is 23.5. The van der Waals surface area contributed by atoms with Crippen molar-refractivity contribution in [3.63, 3.8) is 0 Å². The molecule has 10 heteroatoms. The van der Waals surface area contributed by atoms with Gasteiger partial charge in [-0.2, -0.15) is 0 Å². The SMILES string of the molecule is C[C@@H](CN1C(O)N=C(Nc2ccc(Oc3ccccn3)cc2)N(CC23CC(C)(C2)C3)C1O)C(=O)O. The van der Waals surface area contributed by atoms with Crippen LogP contribution in [-0.4, -0.2) is 67.8 Å². The molecule has 1 aliphatic heterocycles. The number of hydrogen-bond acceptors (Lipinski definition) is 9. The Hall–Kier alpha value is -3.21. The van der Waals surface area contributed by atoms with Gasteiger partial charge in [-0.15, -0.1) is 0 Å². The van der Waals surface area contributed by atoms with E-state index in [1.807, 2.05) is 24.3 Å². The zero-order chi connectivity index (χ0) is 24.8. The van der Waals surface area contributed by atoms with E-state index in [0.717, 1.165) is 19.3 Å². The van der Waals surface area contributed by atoms with Crippen molar-refractivity contribution in [2.24, 2.45) is 21.7 Å². The number of pyridine rings is 1. The molecular weight excluding hydrogens is 450 g/mol. The minimum absolute atomic E-state index is 0.0325. The second-order valence-corrected chi connectivity index (χ2v) is 10.5. The van der Waals surface area contributed by atoms with Gasteiger partial charge < -0.3 is 30.3 Å². The van der Waals surface area contributed by atoms with Crippen molar-refractivity contribution in [3.05, 3.63) is 48.7 Å². The predicted molar refractivity (Wildman–Crippen MR) is 128 cm³/mol. The van der Waals surface area contributed by atoms with Crippen LogP contribution < -0.4 is 10.1 Å². The highest BCUT2D eigenvalue weighted by Crippen LogP contribution is 2.73. The van der Waals surface area contributed by atoms with Crippen LogP contribution in [0.5, 0.6) is 11.6 Å². The second-order valence-electron chi connectivity index (χ2n) is 10.5. The maximum absolute atomic E-state index is 11.4. The van der Waals surface area contributed by atoms with E-state index in [0.29, 0.717) is 35.2 Å². The van der Waals surface area contributed by atoms with Crippen LogP contribution in [-0.2, 0) is 4.79 Å². The number of aliphatic hydroxyl groups excluding tert-OH is 2. The lowest BCUT2D eigenvalue weighted by Gasteiger charge is -2.71. The first-order chi connectivity index (χ1) is 16.7. The van der Waals surface area contributed by atoms with Gasteiger partial charge in [-0.1, -0.05) is 19.9 Å². The van der Waals surface area contributed by atoms with Gasteiger partial charge in [0.05, 0.1) is 5.92 Å². The van der Waals surface area contributed by atoms with Crippen molar-refractivity contribution in [2.75, 3.05) is 18.4 Å². The van der Waals surface area contributed by atoms with Gasteiger partial charge >= 0.3 is 5.97 Å². The fourth-order valence-electron chi connectivity index (χ4n) is 5.86. The molecule has 10 nitrogen and oxygen atoms in total. The van der Waals surface area contributed by atoms with Crippen LogP contribution in [0.1, 0.15) is 33.1 Å². The number of ether oxygens (including phenoxy) is 1. The van der Waals surface area contributed by atoms with Crippen LogP contribution in [0.2, 0.25) is 0 Å². The summed E-state index contributed by atoms with van der Waals surface area (Å²) in [7, 11) is 0. The summed E-state index contributed by atoms with van der Waals surface area (Å²) in [6, 6.07) is 12.7. The van der Waals surface area contributed by atoms with Crippen molar-refractivity contribution in [2.45, 2.75) is 45.8 Å². The maximum atomic E-state index is 11.4. The fraction of sp³-hybridized carbons (Fsp3) is 0.480. The second kappa shape index (κ2) is 8.78. The number of hydrogen-bond donors (Lipinski definition) is 4. The molecule has 1 aromatic heterocycles. The Balaban J connectivity index is 1.33. The lowest BCUT2D eigenvalue weighted by molar-refractivity contribution is -0.228. The van der Waals surface area contributed by atoms with E-state index in [9.17, 15) is 20.1 Å². The molecule has 0 saturated heterocycles. The monoisotopic (exact) mass is 481 g/mol. The molecule has 1 aromatic carbocycles. The predicted octanol–water partition coefficient (Wildman–Crippen LogP) is 2.72. The van der Waals surface area contributed by atoms with E-state index < -0.39 is 24.6 Å². The molecule has 6 rings (SSSR count). The van der Waals surface area contributed by atoms with Crippen LogP contribution >= 0.6 is 0 Å². The number of aliphatic carboxylic acids is 1. The molecule has 2 heterocycles. The first-order valence-electron chi connectivity index (χ1n) is 11.8. The summed E-state index contributed by atoms with van der Waals surface area (Å²) in [5.74, 6) is -0.314. The molecule has 4 N–H and O–H groups in total. The van der Waals surface area contributed by atoms with E-state index in [-0.39, 0.29) is 12.0 Å². The number of anilines is 1. The van der Waals surface area contributed by atoms with E-state index in [1.54, 1.807) is 36.2 Å². The third kappa shape index (κ3) is 4.69. The molecule has 186 valence electrons. The van der Waals surface area contributed by atoms with Gasteiger partial charge in [0.25, 0.3) is 0 Å². The Morgan fingerprint density at radius 2 is 1.91 bits per heavy atom. The normalized spacial score (nSPS) is 30.5. The van der Waals surface area contributed by atoms with Gasteiger partial charge in [0.15, 0.2) is 6.35 Å². The molecule has 4 aliphatic rings. The number of nitrogens with zero attached hydrogens (tertiary/aromatic N) is 4. The fourth-order valence-corrected chi connectivity index (χ4v) is 5.86. The average Bonchev–Trinajstić information content (AvgIpc) is 2.79. The van der Waals surface area contributed by atoms with Crippen LogP contribution in [0.25, 0.3) is 0 Å². The molecule has 0 spiro atoms. The number of carboxylic acids is 1. The number of carbonyl (C=O) groups is 1. The minimum Gasteiger partial charge on any atom is -0.481 e. The lowest BCUT2D eigenvalue weighted by Crippen LogP contribution is -2.69. The molecule has 0 radical (unpaired) electrons. The first-order valence-corrected chi connectivity index (χ1v) is 11.8. The van der Waals surface area contributed by atoms with Gasteiger partial charge in [0, 0.05) is 31.0 Å². The standard InChI is InChI=1S/C25H31N5O5/c1-16(20(31)32)11-29-22(33)28-21(30(23(29)34)15-25-12-24(2,13-25)14-25)27-17-6-8-18(9-7-17)35-19-5-3-4-10-26-19/h3-10,16,22-23,33-34H,11-15H2,1-2H3,(H,27,28)(H,31,32)/t16-,22?,23?,24?,25?/m0/s1. The highest BCUT2D eigenvalue weighted by molar-refractivity contribution is 5.94. The van der Waals surface area contributed by atoms with Gasteiger partial charge in [-0.25, -0.2) is 14.9 Å². The molecule has 3 saturated carbocycles. The molecule has 2 unspecified atom stereocenters. The molecular formula is C25H31N5O5. The molecule has 35 heavy (non-hydrogen) atoms. The highest BCUT2D eigenvalue weighted by Gasteiger charge is 2.65. The van der Waals surface area contributed by atoms with Crippen molar-refractivity contribution in [1.29, 1.82) is 0 Å². The number of aliphatic imine (C=N–C) groups is 1. The van der Waals surface area contributed by atoms with Crippen molar-refractivity contribution in [1.82, 2.24) is 14.8 Å². The van der Waals surface area contributed by atoms with Crippen LogP contribution in [0, 0.1) is 16.7 Å². The number of rotatable bonds is 8. The van der Waals surface area contributed by atoms with Crippen molar-refractivity contribution >= 4 is 17.6 Å². The molecule has 0 amide bonds. The summed E-state index contributed by atoms with van der Waals surface area (Å²) >= 11 is 0. The van der Waals surface area contributed by atoms with Crippen molar-refractivity contribution in [3.8, 4) is 11.6 Å².